The van der Waals surface area contributed by atoms with Crippen molar-refractivity contribution in [2.24, 2.45) is 5.73 Å². The number of nitrogens with one attached hydrogen (secondary N) is 1. The minimum absolute atomic E-state index is 0.0140. The van der Waals surface area contributed by atoms with Crippen LogP contribution < -0.4 is 11.1 Å². The highest BCUT2D eigenvalue weighted by Crippen LogP contribution is 2.15. The lowest BCUT2D eigenvalue weighted by Gasteiger charge is -2.08. The monoisotopic (exact) mass is 301 g/mol. The summed E-state index contributed by atoms with van der Waals surface area (Å²) in [6, 6.07) is 8.24. The van der Waals surface area contributed by atoms with Crippen molar-refractivity contribution in [1.82, 2.24) is 4.98 Å². The Kier molecular flexibility index (Phi) is 4.33. The zero-order valence-electron chi connectivity index (χ0n) is 11.1. The number of amides is 2. The number of anilines is 1. The molecule has 2 rings (SSSR count). The Balaban J connectivity index is 2.22. The fraction of sp³-hybridized carbons (Fsp3) is 0. The summed E-state index contributed by atoms with van der Waals surface area (Å²) < 4.78 is 4.26. The Bertz CT molecular complexity index is 728. The zero-order valence-corrected chi connectivity index (χ0v) is 11.1. The molecule has 1 aromatic carbocycles. The van der Waals surface area contributed by atoms with Gasteiger partial charge >= 0.3 is 12.1 Å². The summed E-state index contributed by atoms with van der Waals surface area (Å²) in [7, 11) is 0. The minimum Gasteiger partial charge on any atom is -0.508 e. The van der Waals surface area contributed by atoms with Crippen LogP contribution in [0.5, 0.6) is 5.75 Å². The van der Waals surface area contributed by atoms with E-state index in [1.165, 1.54) is 42.6 Å². The molecule has 8 nitrogen and oxygen atoms in total. The highest BCUT2D eigenvalue weighted by molar-refractivity contribution is 6.08. The van der Waals surface area contributed by atoms with Crippen LogP contribution in [0.15, 0.2) is 42.6 Å². The van der Waals surface area contributed by atoms with Gasteiger partial charge < -0.3 is 20.9 Å². The van der Waals surface area contributed by atoms with Crippen LogP contribution in [0.3, 0.4) is 0 Å². The maximum absolute atomic E-state index is 12.0. The van der Waals surface area contributed by atoms with Gasteiger partial charge in [-0.2, -0.15) is 0 Å². The van der Waals surface area contributed by atoms with Crippen molar-refractivity contribution in [3.63, 3.8) is 0 Å². The van der Waals surface area contributed by atoms with Gasteiger partial charge in [-0.15, -0.1) is 0 Å². The predicted octanol–water partition coefficient (Wildman–Crippen LogP) is 1.27. The lowest BCUT2D eigenvalue weighted by Crippen LogP contribution is -2.21. The van der Waals surface area contributed by atoms with Crippen LogP contribution in [-0.2, 0) is 4.74 Å². The van der Waals surface area contributed by atoms with Gasteiger partial charge in [-0.3, -0.25) is 4.79 Å². The van der Waals surface area contributed by atoms with Gasteiger partial charge in [0.15, 0.2) is 0 Å². The summed E-state index contributed by atoms with van der Waals surface area (Å²) in [5, 5.41) is 11.6. The number of nitrogens with zero attached hydrogens (tertiary/aromatic N) is 1. The van der Waals surface area contributed by atoms with E-state index in [0.29, 0.717) is 0 Å². The van der Waals surface area contributed by atoms with Gasteiger partial charge in [-0.1, -0.05) is 0 Å². The molecule has 0 aliphatic carbocycles. The minimum atomic E-state index is -1.26. The Labute approximate surface area is 124 Å². The number of carbonyl (C=O) groups is 3. The lowest BCUT2D eigenvalue weighted by molar-refractivity contribution is 0.0639. The van der Waals surface area contributed by atoms with Crippen molar-refractivity contribution in [2.45, 2.75) is 0 Å². The van der Waals surface area contributed by atoms with E-state index < -0.39 is 18.0 Å². The van der Waals surface area contributed by atoms with Crippen LogP contribution in [0.1, 0.15) is 20.7 Å². The number of hydrogen-bond acceptors (Lipinski definition) is 6. The van der Waals surface area contributed by atoms with Gasteiger partial charge in [0.25, 0.3) is 5.91 Å². The molecular formula is C14H11N3O5. The molecule has 1 aromatic heterocycles. The number of benzene rings is 1. The number of phenolic OH excluding ortho intramolecular Hbond substituents is 1. The van der Waals surface area contributed by atoms with E-state index in [-0.39, 0.29) is 22.7 Å². The average Bonchev–Trinajstić information content (AvgIpc) is 2.47. The highest BCUT2D eigenvalue weighted by atomic mass is 16.6. The van der Waals surface area contributed by atoms with Gasteiger partial charge in [0.1, 0.15) is 17.1 Å². The number of primary amides is 1. The van der Waals surface area contributed by atoms with Crippen molar-refractivity contribution >= 4 is 23.8 Å². The van der Waals surface area contributed by atoms with E-state index in [0.717, 1.165) is 0 Å². The molecule has 0 fully saturated rings. The van der Waals surface area contributed by atoms with Crippen molar-refractivity contribution in [2.75, 3.05) is 5.32 Å². The second-order valence-electron chi connectivity index (χ2n) is 4.11. The molecule has 0 aliphatic rings. The Morgan fingerprint density at radius 3 is 2.45 bits per heavy atom. The number of rotatable bonds is 3. The fourth-order valence-corrected chi connectivity index (χ4v) is 1.61. The van der Waals surface area contributed by atoms with Gasteiger partial charge in [-0.25, -0.2) is 14.6 Å². The topological polar surface area (TPSA) is 132 Å². The molecule has 0 saturated heterocycles. The third kappa shape index (κ3) is 3.57. The first-order valence-corrected chi connectivity index (χ1v) is 6.04. The molecule has 112 valence electrons. The van der Waals surface area contributed by atoms with Gasteiger partial charge in [-0.05, 0) is 36.4 Å². The summed E-state index contributed by atoms with van der Waals surface area (Å²) >= 11 is 0. The van der Waals surface area contributed by atoms with Crippen LogP contribution in [0, 0.1) is 0 Å². The van der Waals surface area contributed by atoms with E-state index >= 15 is 0 Å². The molecule has 0 unspecified atom stereocenters. The number of carbonyl (C=O) groups excluding carboxylic acids is 3. The normalized spacial score (nSPS) is 9.82. The van der Waals surface area contributed by atoms with Crippen molar-refractivity contribution in [3.05, 3.63) is 53.7 Å². The molecule has 0 bridgehead atoms. The SMILES string of the molecule is NC(=O)OC(=O)c1cccnc1NC(=O)c1ccc(O)cc1. The number of pyridine rings is 1. The van der Waals surface area contributed by atoms with Crippen molar-refractivity contribution in [1.29, 1.82) is 0 Å². The Hall–Kier alpha value is -3.42. The molecule has 2 amide bonds. The van der Waals surface area contributed by atoms with Crippen molar-refractivity contribution < 1.29 is 24.2 Å². The van der Waals surface area contributed by atoms with Crippen LogP contribution in [-0.4, -0.2) is 28.1 Å². The van der Waals surface area contributed by atoms with Crippen LogP contribution in [0.2, 0.25) is 0 Å². The zero-order chi connectivity index (χ0) is 16.1. The summed E-state index contributed by atoms with van der Waals surface area (Å²) in [6.45, 7) is 0. The summed E-state index contributed by atoms with van der Waals surface area (Å²) in [6.07, 6.45) is 0.0951. The van der Waals surface area contributed by atoms with E-state index in [9.17, 15) is 19.5 Å². The number of nitrogens with two attached hydrogens (primary N) is 1. The molecule has 0 saturated carbocycles. The molecule has 0 spiro atoms. The maximum atomic E-state index is 12.0. The number of aromatic nitrogens is 1. The predicted molar refractivity (Wildman–Crippen MR) is 75.3 cm³/mol. The average molecular weight is 301 g/mol. The molecule has 22 heavy (non-hydrogen) atoms. The van der Waals surface area contributed by atoms with Crippen molar-refractivity contribution in [3.8, 4) is 5.75 Å². The number of hydrogen-bond donors (Lipinski definition) is 3. The fourth-order valence-electron chi connectivity index (χ4n) is 1.61. The third-order valence-electron chi connectivity index (χ3n) is 2.58. The number of aromatic hydroxyl groups is 1. The summed E-state index contributed by atoms with van der Waals surface area (Å²) in [5.74, 6) is -1.64. The van der Waals surface area contributed by atoms with E-state index in [4.69, 9.17) is 5.73 Å². The summed E-state index contributed by atoms with van der Waals surface area (Å²) in [4.78, 5) is 38.2. The molecule has 0 atom stereocenters. The first-order valence-electron chi connectivity index (χ1n) is 6.04. The van der Waals surface area contributed by atoms with E-state index in [1.54, 1.807) is 0 Å². The molecular weight excluding hydrogens is 290 g/mol. The van der Waals surface area contributed by atoms with Crippen LogP contribution in [0.4, 0.5) is 10.6 Å². The highest BCUT2D eigenvalue weighted by Gasteiger charge is 2.18. The molecule has 1 heterocycles. The standard InChI is InChI=1S/C14H11N3O5/c15-14(21)22-13(20)10-2-1-7-16-11(10)17-12(19)8-3-5-9(18)6-4-8/h1-7,18H,(H2,15,21)(H,16,17,19). The second-order valence-corrected chi connectivity index (χ2v) is 4.11. The third-order valence-corrected chi connectivity index (χ3v) is 2.58. The molecule has 0 aliphatic heterocycles. The van der Waals surface area contributed by atoms with Crippen LogP contribution >= 0.6 is 0 Å². The molecule has 2 aromatic rings. The van der Waals surface area contributed by atoms with E-state index in [2.05, 4.69) is 15.0 Å². The molecule has 8 heteroatoms. The first-order chi connectivity index (χ1) is 10.5. The number of esters is 1. The quantitative estimate of drug-likeness (QED) is 0.578. The van der Waals surface area contributed by atoms with Gasteiger partial charge in [0.2, 0.25) is 0 Å². The number of ether oxygens (including phenoxy) is 1. The number of phenols is 1. The smallest absolute Gasteiger partial charge is 0.412 e. The maximum Gasteiger partial charge on any atom is 0.412 e. The Morgan fingerprint density at radius 1 is 1.14 bits per heavy atom. The van der Waals surface area contributed by atoms with Gasteiger partial charge in [0, 0.05) is 11.8 Å². The lowest BCUT2D eigenvalue weighted by atomic mass is 10.2. The van der Waals surface area contributed by atoms with E-state index in [1.807, 2.05) is 0 Å². The first kappa shape index (κ1) is 15.0. The largest absolute Gasteiger partial charge is 0.508 e. The second kappa shape index (κ2) is 6.35. The molecule has 0 radical (unpaired) electrons. The Morgan fingerprint density at radius 2 is 1.82 bits per heavy atom. The molecule has 4 N–H and O–H groups in total. The van der Waals surface area contributed by atoms with Crippen LogP contribution in [0.25, 0.3) is 0 Å². The summed E-state index contributed by atoms with van der Waals surface area (Å²) in [5.41, 5.74) is 4.90. The van der Waals surface area contributed by atoms with Gasteiger partial charge in [0.05, 0.1) is 0 Å².